The minimum atomic E-state index is -0.704. The molecule has 2 heterocycles. The van der Waals surface area contributed by atoms with Crippen molar-refractivity contribution in [2.75, 3.05) is 39.3 Å². The van der Waals surface area contributed by atoms with Gasteiger partial charge in [-0.2, -0.15) is 0 Å². The summed E-state index contributed by atoms with van der Waals surface area (Å²) in [6.45, 7) is 9.66. The lowest BCUT2D eigenvalue weighted by atomic mass is 9.91. The van der Waals surface area contributed by atoms with E-state index in [0.717, 1.165) is 13.1 Å². The second-order valence-electron chi connectivity index (χ2n) is 8.56. The second-order valence-corrected chi connectivity index (χ2v) is 8.56. The van der Waals surface area contributed by atoms with Crippen molar-refractivity contribution in [3.8, 4) is 0 Å². The van der Waals surface area contributed by atoms with Gasteiger partial charge < -0.3 is 19.8 Å². The summed E-state index contributed by atoms with van der Waals surface area (Å²) in [5.41, 5.74) is -1.19. The minimum absolute atomic E-state index is 0.284. The molecule has 132 valence electrons. The van der Waals surface area contributed by atoms with Crippen molar-refractivity contribution in [1.82, 2.24) is 9.80 Å². The van der Waals surface area contributed by atoms with E-state index < -0.39 is 11.2 Å². The van der Waals surface area contributed by atoms with Crippen LogP contribution < -0.4 is 0 Å². The predicted molar refractivity (Wildman–Crippen MR) is 86.0 cm³/mol. The van der Waals surface area contributed by atoms with Crippen LogP contribution in [0.5, 0.6) is 0 Å². The van der Waals surface area contributed by atoms with E-state index in [-0.39, 0.29) is 6.09 Å². The lowest BCUT2D eigenvalue weighted by Crippen LogP contribution is -2.52. The van der Waals surface area contributed by atoms with Crippen molar-refractivity contribution in [2.45, 2.75) is 44.8 Å². The number of ether oxygens (including phenoxy) is 1. The fraction of sp³-hybridized carbons (Fsp3) is 0.941. The maximum atomic E-state index is 12.1. The Bertz CT molecular complexity index is 442. The van der Waals surface area contributed by atoms with Gasteiger partial charge in [0.1, 0.15) is 5.60 Å². The molecule has 0 aromatic carbocycles. The molecule has 1 aliphatic carbocycles. The van der Waals surface area contributed by atoms with Crippen molar-refractivity contribution in [1.29, 1.82) is 0 Å². The summed E-state index contributed by atoms with van der Waals surface area (Å²) in [6, 6.07) is 0. The van der Waals surface area contributed by atoms with Gasteiger partial charge in [0.2, 0.25) is 0 Å². The van der Waals surface area contributed by atoms with Crippen molar-refractivity contribution in [3.05, 3.63) is 0 Å². The molecule has 2 aliphatic heterocycles. The highest BCUT2D eigenvalue weighted by atomic mass is 16.6. The average molecular weight is 326 g/mol. The third kappa shape index (κ3) is 3.80. The van der Waals surface area contributed by atoms with Gasteiger partial charge in [-0.05, 0) is 51.4 Å². The van der Waals surface area contributed by atoms with Gasteiger partial charge in [0, 0.05) is 39.3 Å². The lowest BCUT2D eigenvalue weighted by Gasteiger charge is -2.40. The molecule has 0 bridgehead atoms. The van der Waals surface area contributed by atoms with Crippen LogP contribution in [0.1, 0.15) is 33.6 Å². The van der Waals surface area contributed by atoms with Crippen LogP contribution in [0.25, 0.3) is 0 Å². The lowest BCUT2D eigenvalue weighted by molar-refractivity contribution is -0.0491. The molecule has 0 radical (unpaired) electrons. The normalized spacial score (nSPS) is 33.4. The highest BCUT2D eigenvalue weighted by Gasteiger charge is 2.55. The third-order valence-corrected chi connectivity index (χ3v) is 5.52. The van der Waals surface area contributed by atoms with Crippen LogP contribution >= 0.6 is 0 Å². The Morgan fingerprint density at radius 1 is 1.22 bits per heavy atom. The molecule has 3 aliphatic rings. The Labute approximate surface area is 138 Å². The molecule has 23 heavy (non-hydrogen) atoms. The third-order valence-electron chi connectivity index (χ3n) is 5.52. The summed E-state index contributed by atoms with van der Waals surface area (Å²) in [4.78, 5) is 16.1. The molecule has 0 aromatic rings. The number of piperidine rings is 2. The van der Waals surface area contributed by atoms with E-state index in [1.54, 1.807) is 4.90 Å². The quantitative estimate of drug-likeness (QED) is 0.807. The van der Waals surface area contributed by atoms with Gasteiger partial charge in [-0.1, -0.05) is 0 Å². The Balaban J connectivity index is 1.44. The number of fused-ring (bicyclic) bond motifs is 1. The summed E-state index contributed by atoms with van der Waals surface area (Å²) in [6.07, 6.45) is 0.913. The second kappa shape index (κ2) is 5.90. The number of aliphatic hydroxyl groups excluding tert-OH is 1. The number of carbonyl (C=O) groups is 1. The fourth-order valence-electron chi connectivity index (χ4n) is 4.14. The van der Waals surface area contributed by atoms with E-state index in [1.807, 2.05) is 20.8 Å². The molecule has 2 saturated heterocycles. The van der Waals surface area contributed by atoms with E-state index in [4.69, 9.17) is 4.74 Å². The van der Waals surface area contributed by atoms with E-state index in [0.29, 0.717) is 56.8 Å². The molecule has 1 amide bonds. The molecule has 1 unspecified atom stereocenters. The fourth-order valence-corrected chi connectivity index (χ4v) is 4.14. The molecule has 0 aromatic heterocycles. The zero-order chi connectivity index (χ0) is 16.8. The summed E-state index contributed by atoms with van der Waals surface area (Å²) in [5.74, 6) is 1.76. The molecular weight excluding hydrogens is 296 g/mol. The maximum Gasteiger partial charge on any atom is 0.410 e. The first-order valence-corrected chi connectivity index (χ1v) is 8.74. The van der Waals surface area contributed by atoms with Crippen LogP contribution in [-0.4, -0.2) is 76.6 Å². The van der Waals surface area contributed by atoms with Gasteiger partial charge in [-0.3, -0.25) is 4.90 Å². The van der Waals surface area contributed by atoms with E-state index in [9.17, 15) is 15.0 Å². The van der Waals surface area contributed by atoms with E-state index >= 15 is 0 Å². The molecule has 2 N–H and O–H groups in total. The highest BCUT2D eigenvalue weighted by Crippen LogP contribution is 2.51. The summed E-state index contributed by atoms with van der Waals surface area (Å²) < 4.78 is 5.39. The highest BCUT2D eigenvalue weighted by molar-refractivity contribution is 5.68. The monoisotopic (exact) mass is 326 g/mol. The predicted octanol–water partition coefficient (Wildman–Crippen LogP) is 0.918. The van der Waals surface area contributed by atoms with Crippen molar-refractivity contribution in [2.24, 2.45) is 17.8 Å². The van der Waals surface area contributed by atoms with Gasteiger partial charge in [0.25, 0.3) is 0 Å². The number of hydrogen-bond donors (Lipinski definition) is 2. The topological polar surface area (TPSA) is 73.2 Å². The number of carbonyl (C=O) groups excluding carboxylic acids is 1. The van der Waals surface area contributed by atoms with Crippen LogP contribution in [0.3, 0.4) is 0 Å². The number of amides is 1. The van der Waals surface area contributed by atoms with Crippen LogP contribution in [-0.2, 0) is 4.74 Å². The Hall–Kier alpha value is -0.850. The first kappa shape index (κ1) is 17.0. The maximum absolute atomic E-state index is 12.1. The number of nitrogens with zero attached hydrogens (tertiary/aromatic N) is 2. The number of likely N-dealkylation sites (tertiary alicyclic amines) is 2. The number of aliphatic hydroxyl groups is 2. The zero-order valence-electron chi connectivity index (χ0n) is 14.5. The van der Waals surface area contributed by atoms with Crippen LogP contribution in [0.15, 0.2) is 0 Å². The van der Waals surface area contributed by atoms with Crippen LogP contribution in [0, 0.1) is 17.8 Å². The molecule has 0 spiro atoms. The summed E-state index contributed by atoms with van der Waals surface area (Å²) in [7, 11) is 0. The molecule has 3 rings (SSSR count). The van der Waals surface area contributed by atoms with Gasteiger partial charge in [-0.25, -0.2) is 4.79 Å². The Morgan fingerprint density at radius 3 is 2.26 bits per heavy atom. The van der Waals surface area contributed by atoms with Crippen LogP contribution in [0.2, 0.25) is 0 Å². The Morgan fingerprint density at radius 2 is 1.78 bits per heavy atom. The molecule has 1 saturated carbocycles. The molecular formula is C17H30N2O4. The molecule has 6 nitrogen and oxygen atoms in total. The average Bonchev–Trinajstić information content (AvgIpc) is 2.91. The largest absolute Gasteiger partial charge is 0.444 e. The minimum Gasteiger partial charge on any atom is -0.444 e. The molecule has 3 fully saturated rings. The van der Waals surface area contributed by atoms with Crippen molar-refractivity contribution in [3.63, 3.8) is 0 Å². The van der Waals surface area contributed by atoms with Crippen molar-refractivity contribution < 1.29 is 19.7 Å². The van der Waals surface area contributed by atoms with Crippen molar-refractivity contribution >= 4 is 6.09 Å². The molecule has 6 heteroatoms. The standard InChI is InChI=1S/C17H30N2O4/c1-16(2,3)23-15(21)19-6-4-17(22,5-7-19)11-18-8-12-13(9-18)14(12)10-20/h12-14,20,22H,4-11H2,1-3H3/t12-,13+,14?. The number of hydrogen-bond acceptors (Lipinski definition) is 5. The van der Waals surface area contributed by atoms with Gasteiger partial charge >= 0.3 is 6.09 Å². The Kier molecular flexibility index (Phi) is 4.36. The van der Waals surface area contributed by atoms with Gasteiger partial charge in [0.05, 0.1) is 5.60 Å². The first-order chi connectivity index (χ1) is 10.7. The summed E-state index contributed by atoms with van der Waals surface area (Å²) in [5, 5.41) is 20.0. The molecule has 3 atom stereocenters. The number of β-amino-alcohol motifs (C(OH)–C–C–N with tert-alkyl or cyclic N) is 1. The van der Waals surface area contributed by atoms with Gasteiger partial charge in [0.15, 0.2) is 0 Å². The number of rotatable bonds is 3. The first-order valence-electron chi connectivity index (χ1n) is 8.74. The SMILES string of the molecule is CC(C)(C)OC(=O)N1CCC(O)(CN2C[C@@H]3C(CO)[C@@H]3C2)CC1. The van der Waals surface area contributed by atoms with Crippen LogP contribution in [0.4, 0.5) is 4.79 Å². The van der Waals surface area contributed by atoms with E-state index in [1.165, 1.54) is 0 Å². The smallest absolute Gasteiger partial charge is 0.410 e. The van der Waals surface area contributed by atoms with E-state index in [2.05, 4.69) is 4.90 Å². The van der Waals surface area contributed by atoms with Gasteiger partial charge in [-0.15, -0.1) is 0 Å². The zero-order valence-corrected chi connectivity index (χ0v) is 14.5. The summed E-state index contributed by atoms with van der Waals surface area (Å²) >= 11 is 0.